The van der Waals surface area contributed by atoms with E-state index in [0.29, 0.717) is 16.3 Å². The molecule has 4 rings (SSSR count). The first kappa shape index (κ1) is 20.8. The fourth-order valence-electron chi connectivity index (χ4n) is 3.95. The minimum absolute atomic E-state index is 0.0322. The second-order valence-corrected chi connectivity index (χ2v) is 7.68. The summed E-state index contributed by atoms with van der Waals surface area (Å²) in [7, 11) is 1.90. The number of aromatic nitrogens is 1. The molecule has 0 saturated carbocycles. The molecule has 0 unspecified atom stereocenters. The van der Waals surface area contributed by atoms with E-state index in [4.69, 9.17) is 27.8 Å². The van der Waals surface area contributed by atoms with Crippen LogP contribution in [-0.4, -0.2) is 23.1 Å². The Labute approximate surface area is 185 Å². The maximum atomic E-state index is 12.7. The molecule has 0 aliphatic rings. The van der Waals surface area contributed by atoms with Gasteiger partial charge in [0.25, 0.3) is 0 Å². The van der Waals surface area contributed by atoms with E-state index in [9.17, 15) is 4.79 Å². The van der Waals surface area contributed by atoms with Crippen LogP contribution in [0.4, 0.5) is 0 Å². The van der Waals surface area contributed by atoms with Gasteiger partial charge in [-0.15, -0.1) is 0 Å². The summed E-state index contributed by atoms with van der Waals surface area (Å²) in [6, 6.07) is 18.0. The Morgan fingerprint density at radius 2 is 1.87 bits per heavy atom. The molecule has 158 valence electrons. The molecule has 1 aromatic heterocycles. The van der Waals surface area contributed by atoms with Crippen LogP contribution in [-0.2, 0) is 18.3 Å². The number of halogens is 1. The maximum Gasteiger partial charge on any atom is 0.340 e. The molecular formula is C24H23ClN4O2. The summed E-state index contributed by atoms with van der Waals surface area (Å²) in [5.41, 5.74) is 15.2. The summed E-state index contributed by atoms with van der Waals surface area (Å²) >= 11 is 6.17. The zero-order valence-corrected chi connectivity index (χ0v) is 18.1. The number of hydrogen-bond acceptors (Lipinski definition) is 3. The molecule has 0 atom stereocenters. The van der Waals surface area contributed by atoms with Crippen molar-refractivity contribution in [2.45, 2.75) is 13.5 Å². The third kappa shape index (κ3) is 3.82. The first-order chi connectivity index (χ1) is 14.9. The predicted molar refractivity (Wildman–Crippen MR) is 126 cm³/mol. The average molecular weight is 435 g/mol. The molecule has 3 aromatic carbocycles. The smallest absolute Gasteiger partial charge is 0.340 e. The van der Waals surface area contributed by atoms with Crippen LogP contribution in [0.3, 0.4) is 0 Å². The number of carbonyl (C=O) groups is 1. The van der Waals surface area contributed by atoms with E-state index < -0.39 is 0 Å². The van der Waals surface area contributed by atoms with Crippen LogP contribution in [0.2, 0.25) is 5.02 Å². The Morgan fingerprint density at radius 1 is 1.10 bits per heavy atom. The van der Waals surface area contributed by atoms with Crippen LogP contribution in [0.15, 0.2) is 59.6 Å². The number of guanidine groups is 1. The van der Waals surface area contributed by atoms with Gasteiger partial charge in [0.2, 0.25) is 0 Å². The van der Waals surface area contributed by atoms with Crippen molar-refractivity contribution in [1.82, 2.24) is 4.57 Å². The van der Waals surface area contributed by atoms with E-state index in [1.807, 2.05) is 54.1 Å². The molecule has 6 nitrogen and oxygen atoms in total. The van der Waals surface area contributed by atoms with Gasteiger partial charge < -0.3 is 20.8 Å². The number of nitrogens with zero attached hydrogens (tertiary/aromatic N) is 2. The number of aliphatic imine (C=N–C) groups is 1. The SMILES string of the molecule is CCOC(=O)c1c(CN=C(N)N)n(C)c2cc(-c3cccc4cc(Cl)ccc34)ccc12. The standard InChI is InChI=1S/C24H23ClN4O2/c1-3-31-23(30)22-19-9-7-15(12-20(19)29(2)21(22)13-28-24(26)27)17-6-4-5-14-11-16(25)8-10-18(14)17/h4-12H,3,13H2,1-2H3,(H4,26,27,28). The molecule has 0 saturated heterocycles. The number of ether oxygens (including phenoxy) is 1. The molecule has 0 fully saturated rings. The second kappa shape index (κ2) is 8.32. The van der Waals surface area contributed by atoms with Gasteiger partial charge in [0, 0.05) is 23.0 Å². The highest BCUT2D eigenvalue weighted by molar-refractivity contribution is 6.31. The van der Waals surface area contributed by atoms with Gasteiger partial charge in [0.05, 0.1) is 24.4 Å². The molecule has 0 bridgehead atoms. The lowest BCUT2D eigenvalue weighted by atomic mass is 9.97. The number of esters is 1. The highest BCUT2D eigenvalue weighted by atomic mass is 35.5. The first-order valence-corrected chi connectivity index (χ1v) is 10.3. The fraction of sp³-hybridized carbons (Fsp3) is 0.167. The number of nitrogens with two attached hydrogens (primary N) is 2. The number of carbonyl (C=O) groups excluding carboxylic acids is 1. The lowest BCUT2D eigenvalue weighted by Crippen LogP contribution is -2.23. The molecular weight excluding hydrogens is 412 g/mol. The van der Waals surface area contributed by atoms with Gasteiger partial charge in [-0.05, 0) is 47.0 Å². The van der Waals surface area contributed by atoms with Gasteiger partial charge in [-0.1, -0.05) is 48.0 Å². The molecule has 0 amide bonds. The molecule has 0 aliphatic carbocycles. The summed E-state index contributed by atoms with van der Waals surface area (Å²) in [6.07, 6.45) is 0. The Balaban J connectivity index is 1.93. The molecule has 31 heavy (non-hydrogen) atoms. The van der Waals surface area contributed by atoms with Gasteiger partial charge in [-0.2, -0.15) is 0 Å². The van der Waals surface area contributed by atoms with Crippen molar-refractivity contribution < 1.29 is 9.53 Å². The van der Waals surface area contributed by atoms with E-state index in [1.54, 1.807) is 6.92 Å². The van der Waals surface area contributed by atoms with Crippen molar-refractivity contribution >= 4 is 45.2 Å². The Morgan fingerprint density at radius 3 is 2.61 bits per heavy atom. The Kier molecular flexibility index (Phi) is 5.57. The predicted octanol–water partition coefficient (Wildman–Crippen LogP) is 4.60. The number of fused-ring (bicyclic) bond motifs is 2. The average Bonchev–Trinajstić information content (AvgIpc) is 3.03. The zero-order valence-electron chi connectivity index (χ0n) is 17.4. The number of benzene rings is 3. The molecule has 1 heterocycles. The minimum Gasteiger partial charge on any atom is -0.462 e. The van der Waals surface area contributed by atoms with E-state index in [-0.39, 0.29) is 25.1 Å². The number of aryl methyl sites for hydroxylation is 1. The monoisotopic (exact) mass is 434 g/mol. The van der Waals surface area contributed by atoms with Crippen LogP contribution in [0.25, 0.3) is 32.8 Å². The van der Waals surface area contributed by atoms with Crippen LogP contribution >= 0.6 is 11.6 Å². The van der Waals surface area contributed by atoms with Crippen LogP contribution in [0.1, 0.15) is 23.0 Å². The summed E-state index contributed by atoms with van der Waals surface area (Å²) in [5.74, 6) is -0.420. The molecule has 0 radical (unpaired) electrons. The summed E-state index contributed by atoms with van der Waals surface area (Å²) in [5, 5.41) is 3.67. The summed E-state index contributed by atoms with van der Waals surface area (Å²) in [4.78, 5) is 16.9. The third-order valence-electron chi connectivity index (χ3n) is 5.37. The van der Waals surface area contributed by atoms with Crippen LogP contribution < -0.4 is 11.5 Å². The summed E-state index contributed by atoms with van der Waals surface area (Å²) < 4.78 is 7.25. The highest BCUT2D eigenvalue weighted by Crippen LogP contribution is 2.34. The van der Waals surface area contributed by atoms with Crippen LogP contribution in [0, 0.1) is 0 Å². The van der Waals surface area contributed by atoms with E-state index in [2.05, 4.69) is 17.1 Å². The van der Waals surface area contributed by atoms with Gasteiger partial charge >= 0.3 is 5.97 Å². The zero-order chi connectivity index (χ0) is 22.1. The van der Waals surface area contributed by atoms with Gasteiger partial charge in [-0.3, -0.25) is 0 Å². The molecule has 0 aliphatic heterocycles. The first-order valence-electron chi connectivity index (χ1n) is 9.93. The van der Waals surface area contributed by atoms with E-state index in [0.717, 1.165) is 32.8 Å². The highest BCUT2D eigenvalue weighted by Gasteiger charge is 2.22. The minimum atomic E-state index is -0.388. The molecule has 4 N–H and O–H groups in total. The maximum absolute atomic E-state index is 12.7. The molecule has 7 heteroatoms. The number of rotatable bonds is 5. The topological polar surface area (TPSA) is 95.6 Å². The van der Waals surface area contributed by atoms with Crippen molar-refractivity contribution in [2.75, 3.05) is 6.61 Å². The van der Waals surface area contributed by atoms with Gasteiger partial charge in [0.1, 0.15) is 0 Å². The van der Waals surface area contributed by atoms with Gasteiger partial charge in [-0.25, -0.2) is 9.79 Å². The quantitative estimate of drug-likeness (QED) is 0.272. The molecule has 0 spiro atoms. The van der Waals surface area contributed by atoms with E-state index >= 15 is 0 Å². The lowest BCUT2D eigenvalue weighted by molar-refractivity contribution is 0.0527. The van der Waals surface area contributed by atoms with Gasteiger partial charge in [0.15, 0.2) is 5.96 Å². The number of hydrogen-bond donors (Lipinski definition) is 2. The Bertz CT molecular complexity index is 1340. The second-order valence-electron chi connectivity index (χ2n) is 7.25. The third-order valence-corrected chi connectivity index (χ3v) is 5.60. The molecule has 4 aromatic rings. The normalized spacial score (nSPS) is 11.1. The van der Waals surface area contributed by atoms with Crippen LogP contribution in [0.5, 0.6) is 0 Å². The summed E-state index contributed by atoms with van der Waals surface area (Å²) in [6.45, 7) is 2.25. The van der Waals surface area contributed by atoms with Crippen molar-refractivity contribution in [1.29, 1.82) is 0 Å². The fourth-order valence-corrected chi connectivity index (χ4v) is 4.13. The van der Waals surface area contributed by atoms with Crippen molar-refractivity contribution in [3.63, 3.8) is 0 Å². The lowest BCUT2D eigenvalue weighted by Gasteiger charge is -2.09. The Hall–Kier alpha value is -3.51. The van der Waals surface area contributed by atoms with E-state index in [1.165, 1.54) is 0 Å². The van der Waals surface area contributed by atoms with Crippen molar-refractivity contribution in [2.24, 2.45) is 23.5 Å². The van der Waals surface area contributed by atoms with Crippen molar-refractivity contribution in [3.05, 3.63) is 70.9 Å². The van der Waals surface area contributed by atoms with Crippen molar-refractivity contribution in [3.8, 4) is 11.1 Å². The largest absolute Gasteiger partial charge is 0.462 e.